The minimum absolute atomic E-state index is 0.0209. The van der Waals surface area contributed by atoms with Gasteiger partial charge in [0.05, 0.1) is 6.04 Å². The largest absolute Gasteiger partial charge is 0.351 e. The molecule has 0 aromatic rings. The Kier molecular flexibility index (Phi) is 4.11. The Morgan fingerprint density at radius 1 is 1.40 bits per heavy atom. The van der Waals surface area contributed by atoms with Crippen LogP contribution in [0.1, 0.15) is 34.1 Å². The predicted octanol–water partition coefficient (Wildman–Crippen LogP) is 1.30. The molecule has 0 radical (unpaired) electrons. The summed E-state index contributed by atoms with van der Waals surface area (Å²) < 4.78 is 10.9. The molecule has 0 bridgehead atoms. The molecule has 4 nitrogen and oxygen atoms in total. The van der Waals surface area contributed by atoms with E-state index in [1.165, 1.54) is 0 Å². The summed E-state index contributed by atoms with van der Waals surface area (Å²) in [5.41, 5.74) is -0.308. The fourth-order valence-corrected chi connectivity index (χ4v) is 1.83. The molecule has 1 heterocycles. The molecule has 88 valence electrons. The van der Waals surface area contributed by atoms with Gasteiger partial charge in [-0.1, -0.05) is 13.8 Å². The molecule has 1 amide bonds. The smallest absolute Gasteiger partial charge is 0.226 e. The van der Waals surface area contributed by atoms with Crippen molar-refractivity contribution in [2.75, 3.05) is 13.2 Å². The lowest BCUT2D eigenvalue weighted by Crippen LogP contribution is -2.40. The van der Waals surface area contributed by atoms with Crippen LogP contribution in [0.15, 0.2) is 0 Å². The van der Waals surface area contributed by atoms with Gasteiger partial charge >= 0.3 is 0 Å². The maximum Gasteiger partial charge on any atom is 0.226 e. The third-order valence-corrected chi connectivity index (χ3v) is 2.65. The SMILES string of the molecule is CCOC(OCC)C1CC(C)(C)C(=O)N1. The molecular formula is C11H21NO3. The molecule has 1 unspecified atom stereocenters. The molecule has 1 aliphatic rings. The quantitative estimate of drug-likeness (QED) is 0.703. The zero-order valence-corrected chi connectivity index (χ0v) is 10.0. The highest BCUT2D eigenvalue weighted by molar-refractivity contribution is 5.84. The molecule has 1 saturated heterocycles. The zero-order valence-electron chi connectivity index (χ0n) is 10.0. The van der Waals surface area contributed by atoms with Crippen LogP contribution in [0.4, 0.5) is 0 Å². The molecule has 1 fully saturated rings. The fraction of sp³-hybridized carbons (Fsp3) is 0.909. The van der Waals surface area contributed by atoms with Crippen molar-refractivity contribution in [2.45, 2.75) is 46.4 Å². The van der Waals surface area contributed by atoms with Crippen molar-refractivity contribution >= 4 is 5.91 Å². The Labute approximate surface area is 91.3 Å². The lowest BCUT2D eigenvalue weighted by Gasteiger charge is -2.23. The second-order valence-corrected chi connectivity index (χ2v) is 4.45. The minimum Gasteiger partial charge on any atom is -0.351 e. The van der Waals surface area contributed by atoms with Gasteiger partial charge in [0.25, 0.3) is 0 Å². The van der Waals surface area contributed by atoms with Gasteiger partial charge in [-0.25, -0.2) is 0 Å². The summed E-state index contributed by atoms with van der Waals surface area (Å²) in [6, 6.07) is -0.0209. The Balaban J connectivity index is 2.59. The number of ether oxygens (including phenoxy) is 2. The van der Waals surface area contributed by atoms with E-state index in [1.807, 2.05) is 27.7 Å². The first-order valence-electron chi connectivity index (χ1n) is 5.55. The normalized spacial score (nSPS) is 24.6. The Morgan fingerprint density at radius 3 is 2.27 bits per heavy atom. The molecule has 0 aromatic heterocycles. The monoisotopic (exact) mass is 215 g/mol. The van der Waals surface area contributed by atoms with Gasteiger partial charge in [-0.15, -0.1) is 0 Å². The average Bonchev–Trinajstić information content (AvgIpc) is 2.41. The maximum absolute atomic E-state index is 11.6. The van der Waals surface area contributed by atoms with E-state index in [0.717, 1.165) is 6.42 Å². The summed E-state index contributed by atoms with van der Waals surface area (Å²) in [7, 11) is 0. The van der Waals surface area contributed by atoms with Crippen molar-refractivity contribution in [3.05, 3.63) is 0 Å². The van der Waals surface area contributed by atoms with E-state index < -0.39 is 0 Å². The van der Waals surface area contributed by atoms with E-state index in [9.17, 15) is 4.79 Å². The molecule has 0 spiro atoms. The number of nitrogens with one attached hydrogen (secondary N) is 1. The van der Waals surface area contributed by atoms with Gasteiger partial charge in [0.1, 0.15) is 0 Å². The summed E-state index contributed by atoms with van der Waals surface area (Å²) in [6.45, 7) is 8.92. The molecule has 0 aromatic carbocycles. The van der Waals surface area contributed by atoms with E-state index >= 15 is 0 Å². The van der Waals surface area contributed by atoms with Crippen LogP contribution < -0.4 is 5.32 Å². The van der Waals surface area contributed by atoms with Crippen molar-refractivity contribution in [3.8, 4) is 0 Å². The standard InChI is InChI=1S/C11H21NO3/c1-5-14-9(15-6-2)8-7-11(3,4)10(13)12-8/h8-9H,5-7H2,1-4H3,(H,12,13). The van der Waals surface area contributed by atoms with E-state index in [4.69, 9.17) is 9.47 Å². The van der Waals surface area contributed by atoms with Gasteiger partial charge in [-0.05, 0) is 20.3 Å². The number of amides is 1. The van der Waals surface area contributed by atoms with Crippen molar-refractivity contribution in [1.82, 2.24) is 5.32 Å². The molecule has 0 saturated carbocycles. The second-order valence-electron chi connectivity index (χ2n) is 4.45. The number of rotatable bonds is 5. The second kappa shape index (κ2) is 4.94. The number of hydrogen-bond donors (Lipinski definition) is 1. The van der Waals surface area contributed by atoms with Gasteiger partial charge in [-0.2, -0.15) is 0 Å². The average molecular weight is 215 g/mol. The number of carbonyl (C=O) groups is 1. The lowest BCUT2D eigenvalue weighted by atomic mass is 9.90. The molecule has 1 rings (SSSR count). The van der Waals surface area contributed by atoms with Crippen LogP contribution in [-0.4, -0.2) is 31.5 Å². The highest BCUT2D eigenvalue weighted by atomic mass is 16.7. The van der Waals surface area contributed by atoms with Crippen LogP contribution in [-0.2, 0) is 14.3 Å². The maximum atomic E-state index is 11.6. The molecule has 1 aliphatic heterocycles. The Morgan fingerprint density at radius 2 is 1.93 bits per heavy atom. The molecule has 1 atom stereocenters. The van der Waals surface area contributed by atoms with Gasteiger partial charge in [0.15, 0.2) is 6.29 Å². The molecule has 15 heavy (non-hydrogen) atoms. The van der Waals surface area contributed by atoms with Crippen molar-refractivity contribution in [1.29, 1.82) is 0 Å². The number of hydrogen-bond acceptors (Lipinski definition) is 3. The van der Waals surface area contributed by atoms with Crippen molar-refractivity contribution in [3.63, 3.8) is 0 Å². The van der Waals surface area contributed by atoms with Crippen LogP contribution >= 0.6 is 0 Å². The topological polar surface area (TPSA) is 47.6 Å². The van der Waals surface area contributed by atoms with Crippen LogP contribution in [0.2, 0.25) is 0 Å². The van der Waals surface area contributed by atoms with Crippen LogP contribution in [0.5, 0.6) is 0 Å². The fourth-order valence-electron chi connectivity index (χ4n) is 1.83. The van der Waals surface area contributed by atoms with E-state index in [2.05, 4.69) is 5.32 Å². The highest BCUT2D eigenvalue weighted by Crippen LogP contribution is 2.30. The minimum atomic E-state index is -0.314. The van der Waals surface area contributed by atoms with E-state index in [0.29, 0.717) is 13.2 Å². The Bertz CT molecular complexity index is 222. The van der Waals surface area contributed by atoms with Gasteiger partial charge in [0, 0.05) is 18.6 Å². The first-order valence-corrected chi connectivity index (χ1v) is 5.55. The third kappa shape index (κ3) is 2.92. The molecule has 4 heteroatoms. The first kappa shape index (κ1) is 12.5. The Hall–Kier alpha value is -0.610. The summed E-state index contributed by atoms with van der Waals surface area (Å²) in [5, 5.41) is 2.92. The highest BCUT2D eigenvalue weighted by Gasteiger charge is 2.42. The van der Waals surface area contributed by atoms with E-state index in [-0.39, 0.29) is 23.7 Å². The summed E-state index contributed by atoms with van der Waals surface area (Å²) in [5.74, 6) is 0.0805. The lowest BCUT2D eigenvalue weighted by molar-refractivity contribution is -0.153. The van der Waals surface area contributed by atoms with Crippen molar-refractivity contribution in [2.24, 2.45) is 5.41 Å². The first-order chi connectivity index (χ1) is 7.01. The number of carbonyl (C=O) groups excluding carboxylic acids is 1. The van der Waals surface area contributed by atoms with E-state index in [1.54, 1.807) is 0 Å². The molecule has 1 N–H and O–H groups in total. The summed E-state index contributed by atoms with van der Waals surface area (Å²) in [4.78, 5) is 11.6. The van der Waals surface area contributed by atoms with Crippen LogP contribution in [0, 0.1) is 5.41 Å². The molecule has 0 aliphatic carbocycles. The predicted molar refractivity (Wildman–Crippen MR) is 57.4 cm³/mol. The summed E-state index contributed by atoms with van der Waals surface area (Å²) in [6.07, 6.45) is 0.446. The van der Waals surface area contributed by atoms with Gasteiger partial charge in [0.2, 0.25) is 5.91 Å². The van der Waals surface area contributed by atoms with Crippen LogP contribution in [0.25, 0.3) is 0 Å². The van der Waals surface area contributed by atoms with Gasteiger partial charge in [-0.3, -0.25) is 4.79 Å². The summed E-state index contributed by atoms with van der Waals surface area (Å²) >= 11 is 0. The van der Waals surface area contributed by atoms with Gasteiger partial charge < -0.3 is 14.8 Å². The third-order valence-electron chi connectivity index (χ3n) is 2.65. The molecular weight excluding hydrogens is 194 g/mol. The zero-order chi connectivity index (χ0) is 11.5. The van der Waals surface area contributed by atoms with Crippen LogP contribution in [0.3, 0.4) is 0 Å². The van der Waals surface area contributed by atoms with Crippen molar-refractivity contribution < 1.29 is 14.3 Å².